The zero-order chi connectivity index (χ0) is 60.7. The Bertz CT molecular complexity index is 4560. The van der Waals surface area contributed by atoms with E-state index >= 15 is 0 Å². The second-order valence-corrected chi connectivity index (χ2v) is 30.3. The molecule has 0 fully saturated rings. The number of fused-ring (bicyclic) bond motifs is 40. The van der Waals surface area contributed by atoms with Gasteiger partial charge in [-0.05, 0) is 41.0 Å². The minimum Gasteiger partial charge on any atom is -0.706 e. The Hall–Kier alpha value is -7.62. The van der Waals surface area contributed by atoms with E-state index in [1.54, 1.807) is 0 Å². The number of nitrogens with one attached hydrogen (secondary N) is 4. The number of nitrogens with zero attached hydrogens (tertiary/aromatic N) is 12. The summed E-state index contributed by atoms with van der Waals surface area (Å²) in [6, 6.07) is 64.5. The fourth-order valence-corrected chi connectivity index (χ4v) is 16.3. The quantitative estimate of drug-likeness (QED) is 0.0731. The van der Waals surface area contributed by atoms with Crippen molar-refractivity contribution >= 4 is 192 Å². The standard InChI is InChI=1S/2C32H18N8.2ClHS4.Cu/c2*1-2-10-18-17(9-1)25-33-26(18)38-28-21-13-5-6-14-22(21)30(35-28)40-32-24-16-8-7-15-23(24)31(36-32)39-29-20-12-4-3-11-19(20)27(34-29)37-25;2*1-3-5-4-2;/h2*1-16H,(H2,33,34,35,36,37,38,39,40);2*2H;/q;;;;+2/p-2. The molecule has 6 aromatic heterocycles. The molecule has 4 aliphatic heterocycles. The maximum absolute atomic E-state index is 5.09. The first-order valence-electron chi connectivity index (χ1n) is 27.3. The minimum atomic E-state index is 0. The summed E-state index contributed by atoms with van der Waals surface area (Å²) in [5, 5.41) is 7.64. The number of aromatic nitrogens is 16. The van der Waals surface area contributed by atoms with Crippen LogP contribution in [0.4, 0.5) is 0 Å². The van der Waals surface area contributed by atoms with Gasteiger partial charge >= 0.3 is 17.1 Å². The zero-order valence-corrected chi connectivity index (χ0v) is 55.2. The van der Waals surface area contributed by atoms with Crippen molar-refractivity contribution in [3.63, 3.8) is 0 Å². The summed E-state index contributed by atoms with van der Waals surface area (Å²) in [5.74, 6) is 4.78. The average Bonchev–Trinajstić information content (AvgIpc) is 1.67. The van der Waals surface area contributed by atoms with Crippen LogP contribution in [0.5, 0.6) is 0 Å². The molecule has 0 unspecified atom stereocenters. The molecule has 0 saturated heterocycles. The molecule has 18 rings (SSSR count). The maximum Gasteiger partial charge on any atom is 2.00 e. The third-order valence-electron chi connectivity index (χ3n) is 15.0. The van der Waals surface area contributed by atoms with Crippen LogP contribution in [-0.4, -0.2) is 79.7 Å². The number of H-pyrrole nitrogens is 4. The molecule has 0 aliphatic carbocycles. The predicted octanol–water partition coefficient (Wildman–Crippen LogP) is 19.0. The van der Waals surface area contributed by atoms with Crippen LogP contribution in [0.3, 0.4) is 0 Å². The Labute approximate surface area is 568 Å². The van der Waals surface area contributed by atoms with Crippen LogP contribution in [0, 0.1) is 0 Å². The van der Waals surface area contributed by atoms with Gasteiger partial charge in [-0.3, -0.25) is 19.7 Å². The molecule has 27 heteroatoms. The monoisotopic (exact) mass is 1420 g/mol. The number of aromatic amines is 4. The van der Waals surface area contributed by atoms with E-state index in [0.717, 1.165) is 108 Å². The van der Waals surface area contributed by atoms with Crippen molar-refractivity contribution in [2.75, 3.05) is 0 Å². The Kier molecular flexibility index (Phi) is 18.0. The predicted molar refractivity (Wildman–Crippen MR) is 384 cm³/mol. The van der Waals surface area contributed by atoms with Crippen LogP contribution in [0.25, 0.3) is 179 Å². The Morgan fingerprint density at radius 1 is 0.231 bits per heavy atom. The smallest absolute Gasteiger partial charge is 0.706 e. The van der Waals surface area contributed by atoms with E-state index in [0.29, 0.717) is 91.8 Å². The molecule has 0 spiro atoms. The van der Waals surface area contributed by atoms with Crippen LogP contribution < -0.4 is 0 Å². The van der Waals surface area contributed by atoms with Gasteiger partial charge in [-0.2, -0.15) is 0 Å². The summed E-state index contributed by atoms with van der Waals surface area (Å²) in [6.45, 7) is 0. The molecule has 91 heavy (non-hydrogen) atoms. The molecule has 0 atom stereocenters. The van der Waals surface area contributed by atoms with Crippen molar-refractivity contribution in [1.29, 1.82) is 0 Å². The summed E-state index contributed by atoms with van der Waals surface area (Å²) >= 11 is 8.85. The second kappa shape index (κ2) is 26.9. The number of hydrogen-bond acceptors (Lipinski definition) is 20. The molecule has 16 bridgehead atoms. The maximum atomic E-state index is 5.09. The third-order valence-corrected chi connectivity index (χ3v) is 23.6. The first-order valence-corrected chi connectivity index (χ1v) is 37.8. The average molecular weight is 1420 g/mol. The molecule has 0 saturated carbocycles. The van der Waals surface area contributed by atoms with E-state index in [4.69, 9.17) is 81.2 Å². The van der Waals surface area contributed by atoms with Crippen molar-refractivity contribution < 1.29 is 17.1 Å². The molecule has 1 radical (unpaired) electrons. The third kappa shape index (κ3) is 11.8. The molecule has 4 aliphatic rings. The molecule has 10 heterocycles. The van der Waals surface area contributed by atoms with Crippen LogP contribution in [0.1, 0.15) is 0 Å². The summed E-state index contributed by atoms with van der Waals surface area (Å²) < 4.78 is 0. The van der Waals surface area contributed by atoms with Gasteiger partial charge in [-0.25, -0.2) is 59.8 Å². The molecular weight excluding hydrogens is 1380 g/mol. The van der Waals surface area contributed by atoms with Gasteiger partial charge in [-0.15, -0.1) is 0 Å². The summed E-state index contributed by atoms with van der Waals surface area (Å²) in [4.78, 5) is 73.5. The van der Waals surface area contributed by atoms with Crippen LogP contribution in [-0.2, 0) is 40.4 Å². The first-order chi connectivity index (χ1) is 44.4. The van der Waals surface area contributed by atoms with E-state index in [9.17, 15) is 0 Å². The first kappa shape index (κ1) is 60.9. The number of rotatable bonds is 4. The van der Waals surface area contributed by atoms with Crippen LogP contribution in [0.15, 0.2) is 194 Å². The molecule has 445 valence electrons. The van der Waals surface area contributed by atoms with E-state index in [1.807, 2.05) is 194 Å². The molecule has 8 aromatic carbocycles. The SMILES string of the molecule is [Cu+2].[S-]SSSCl.[S-]SSSCl.c1ccc2c(c1)-c1nc-2nc2[nH]c(nc3nc(nc4[nH]c(n1)c1ccccc41)-c1ccccc1-3)c1ccccc21.c1ccc2c(c1)-c1nc-2nc2[nH]c(nc3nc(nc4[nH]c(n1)c1ccccc41)-c1ccccc1-3)c1ccccc21. The Morgan fingerprint density at radius 2 is 0.374 bits per heavy atom. The summed E-state index contributed by atoms with van der Waals surface area (Å²) in [7, 11) is 17.7. The van der Waals surface area contributed by atoms with E-state index < -0.39 is 0 Å². The van der Waals surface area contributed by atoms with Crippen molar-refractivity contribution in [3.8, 4) is 91.1 Å². The fourth-order valence-electron chi connectivity index (χ4n) is 11.2. The molecule has 4 N–H and O–H groups in total. The van der Waals surface area contributed by atoms with E-state index in [1.165, 1.54) is 39.3 Å². The van der Waals surface area contributed by atoms with Gasteiger partial charge in [0.2, 0.25) is 0 Å². The molecule has 16 nitrogen and oxygen atoms in total. The van der Waals surface area contributed by atoms with Crippen molar-refractivity contribution in [1.82, 2.24) is 79.7 Å². The largest absolute Gasteiger partial charge is 2.00 e. The number of benzene rings is 8. The van der Waals surface area contributed by atoms with Gasteiger partial charge in [0.15, 0.2) is 46.6 Å². The van der Waals surface area contributed by atoms with Crippen molar-refractivity contribution in [3.05, 3.63) is 194 Å². The van der Waals surface area contributed by atoms with Crippen molar-refractivity contribution in [2.24, 2.45) is 0 Å². The van der Waals surface area contributed by atoms with Crippen LogP contribution >= 0.6 is 80.7 Å². The zero-order valence-electron chi connectivity index (χ0n) is 46.2. The Morgan fingerprint density at radius 3 is 0.495 bits per heavy atom. The van der Waals surface area contributed by atoms with E-state index in [-0.39, 0.29) is 17.1 Å². The van der Waals surface area contributed by atoms with E-state index in [2.05, 4.69) is 43.3 Å². The molecule has 14 aromatic rings. The van der Waals surface area contributed by atoms with Crippen molar-refractivity contribution in [2.45, 2.75) is 0 Å². The molecule has 0 amide bonds. The van der Waals surface area contributed by atoms with Gasteiger partial charge in [0, 0.05) is 108 Å². The number of hydrogen-bond donors (Lipinski definition) is 4. The van der Waals surface area contributed by atoms with Crippen LogP contribution in [0.2, 0.25) is 0 Å². The second-order valence-electron chi connectivity index (χ2n) is 20.0. The van der Waals surface area contributed by atoms with Gasteiger partial charge in [0.25, 0.3) is 0 Å². The summed E-state index contributed by atoms with van der Waals surface area (Å²) in [6.07, 6.45) is 0. The topological polar surface area (TPSA) is 218 Å². The van der Waals surface area contributed by atoms with Gasteiger partial charge in [-0.1, -0.05) is 194 Å². The normalized spacial score (nSPS) is 11.5. The Balaban J connectivity index is 0.000000137. The fraction of sp³-hybridized carbons (Fsp3) is 0. The number of halogens is 2. The van der Waals surface area contributed by atoms with Gasteiger partial charge < -0.3 is 43.3 Å². The van der Waals surface area contributed by atoms with Gasteiger partial charge in [0.05, 0.1) is 0 Å². The van der Waals surface area contributed by atoms with Gasteiger partial charge in [0.1, 0.15) is 45.2 Å². The minimum absolute atomic E-state index is 0. The molecular formula is C64H36Cl2CuN16S8. The summed E-state index contributed by atoms with van der Waals surface area (Å²) in [5.41, 5.74) is 12.9.